The largest absolute Gasteiger partial charge is 0.398 e. The second-order valence-electron chi connectivity index (χ2n) is 8.03. The lowest BCUT2D eigenvalue weighted by atomic mass is 11.6. The summed E-state index contributed by atoms with van der Waals surface area (Å²) in [6.07, 6.45) is 0. The minimum atomic E-state index is -3.84. The molecule has 0 radical (unpaired) electrons. The van der Waals surface area contributed by atoms with Crippen LogP contribution in [0.4, 0.5) is 0 Å². The summed E-state index contributed by atoms with van der Waals surface area (Å²) in [7, 11) is -9.60. The summed E-state index contributed by atoms with van der Waals surface area (Å²) < 4.78 is -0.556. The van der Waals surface area contributed by atoms with Gasteiger partial charge in [0.2, 0.25) is 0 Å². The van der Waals surface area contributed by atoms with E-state index in [2.05, 4.69) is 58.9 Å². The third kappa shape index (κ3) is 2.78. The lowest BCUT2D eigenvalue weighted by Crippen LogP contribution is -2.77. The molecule has 0 saturated carbocycles. The quantitative estimate of drug-likeness (QED) is 0.552. The van der Waals surface area contributed by atoms with E-state index in [0.29, 0.717) is 0 Å². The average molecular weight is 314 g/mol. The van der Waals surface area contributed by atoms with Gasteiger partial charge in [-0.2, -0.15) is 14.7 Å². The molecule has 0 spiro atoms. The molecule has 0 aromatic heterocycles. The van der Waals surface area contributed by atoms with Crippen molar-refractivity contribution in [2.45, 2.75) is 62.9 Å². The van der Waals surface area contributed by atoms with E-state index in [1.54, 1.807) is 0 Å². The Morgan fingerprint density at radius 1 is 0.588 bits per heavy atom. The summed E-state index contributed by atoms with van der Waals surface area (Å²) in [6, 6.07) is 0. The molecule has 0 heterocycles. The predicted octanol–water partition coefficient (Wildman–Crippen LogP) is 3.10. The molecule has 0 fully saturated rings. The van der Waals surface area contributed by atoms with Crippen LogP contribution in [0.2, 0.25) is 58.9 Å². The van der Waals surface area contributed by atoms with Crippen LogP contribution in [0.15, 0.2) is 0 Å². The molecule has 7 heteroatoms. The molecule has 0 aromatic rings. The topological polar surface area (TPSA) is 60.7 Å². The van der Waals surface area contributed by atoms with Crippen LogP contribution in [0.5, 0.6) is 0 Å². The van der Waals surface area contributed by atoms with Gasteiger partial charge in [0.15, 0.2) is 0 Å². The maximum atomic E-state index is 10.3. The summed E-state index contributed by atoms with van der Waals surface area (Å²) >= 11 is 0. The highest BCUT2D eigenvalue weighted by atomic mass is 31.2. The molecule has 0 aliphatic rings. The Balaban J connectivity index is 6.37. The Bertz CT molecular complexity index is 220. The van der Waals surface area contributed by atoms with Crippen LogP contribution in [0, 0.1) is 0 Å². The molecular weight excluding hydrogens is 283 g/mol. The van der Waals surface area contributed by atoms with Crippen molar-refractivity contribution in [1.82, 2.24) is 0 Å². The van der Waals surface area contributed by atoms with E-state index in [4.69, 9.17) is 0 Å². The summed E-state index contributed by atoms with van der Waals surface area (Å²) in [4.78, 5) is 30.8. The van der Waals surface area contributed by atoms with Gasteiger partial charge < -0.3 is 0 Å². The third-order valence-corrected chi connectivity index (χ3v) is 33.4. The van der Waals surface area contributed by atoms with Gasteiger partial charge in [0.1, 0.15) is 4.03 Å². The van der Waals surface area contributed by atoms with Crippen molar-refractivity contribution in [3.05, 3.63) is 0 Å². The van der Waals surface area contributed by atoms with Gasteiger partial charge in [0.25, 0.3) is 0 Å². The van der Waals surface area contributed by atoms with E-state index >= 15 is 0 Å². The van der Waals surface area contributed by atoms with Crippen molar-refractivity contribution in [2.75, 3.05) is 0 Å². The van der Waals surface area contributed by atoms with Gasteiger partial charge in [-0.1, -0.05) is 58.9 Å². The first-order valence-electron chi connectivity index (χ1n) is 6.07. The van der Waals surface area contributed by atoms with Gasteiger partial charge in [-0.05, 0) is 0 Å². The number of hydrogen-bond acceptors (Lipinski definition) is 3. The Labute approximate surface area is 110 Å². The minimum Gasteiger partial charge on any atom is -0.193 e. The Morgan fingerprint density at radius 3 is 0.765 bits per heavy atom. The summed E-state index contributed by atoms with van der Waals surface area (Å²) in [6.45, 7) is 19.5. The zero-order chi connectivity index (χ0) is 14.5. The zero-order valence-corrected chi connectivity index (χ0v) is 16.7. The lowest BCUT2D eigenvalue weighted by Gasteiger charge is -2.55. The number of rotatable bonds is 4. The molecule has 0 rings (SSSR count). The van der Waals surface area contributed by atoms with Crippen LogP contribution >= 0.6 is 7.94 Å². The van der Waals surface area contributed by atoms with Gasteiger partial charge in [0, 0.05) is 0 Å². The SMILES string of the molecule is C[Si](C)(C)C([Si](C)(C)C)([Si](C)(C)C)[P+](O)(O)O. The van der Waals surface area contributed by atoms with E-state index in [1.807, 2.05) is 0 Å². The van der Waals surface area contributed by atoms with E-state index < -0.39 is 36.2 Å². The van der Waals surface area contributed by atoms with Crippen LogP contribution in [0.25, 0.3) is 0 Å². The maximum absolute atomic E-state index is 10.3. The fraction of sp³-hybridized carbons (Fsp3) is 1.00. The second-order valence-corrected chi connectivity index (χ2v) is 28.3. The Hall–Kier alpha value is 0.961. The highest BCUT2D eigenvalue weighted by Gasteiger charge is 2.76. The van der Waals surface area contributed by atoms with Crippen LogP contribution in [0.3, 0.4) is 0 Å². The second kappa shape index (κ2) is 4.51. The van der Waals surface area contributed by atoms with Gasteiger partial charge in [-0.15, -0.1) is 0 Å². The first-order valence-corrected chi connectivity index (χ1v) is 18.2. The van der Waals surface area contributed by atoms with Crippen LogP contribution < -0.4 is 0 Å². The number of hydrogen-bond donors (Lipinski definition) is 3. The standard InChI is InChI=1S/C10H30O3PSi3/c1-15(2,3)10(14(11,12)13,16(4,5)6)17(7,8)9/h11-13H,1-9H3/q+1. The highest BCUT2D eigenvalue weighted by Crippen LogP contribution is 2.68. The van der Waals surface area contributed by atoms with Crippen molar-refractivity contribution in [3.63, 3.8) is 0 Å². The zero-order valence-electron chi connectivity index (χ0n) is 12.8. The normalized spacial score (nSPS) is 16.2. The van der Waals surface area contributed by atoms with E-state index in [-0.39, 0.29) is 0 Å². The third-order valence-electron chi connectivity index (χ3n) is 3.71. The molecule has 104 valence electrons. The first-order chi connectivity index (χ1) is 7.00. The molecule has 0 unspecified atom stereocenters. The molecule has 0 bridgehead atoms. The van der Waals surface area contributed by atoms with Gasteiger partial charge in [-0.3, -0.25) is 0 Å². The van der Waals surface area contributed by atoms with Crippen molar-refractivity contribution < 1.29 is 14.7 Å². The molecule has 3 N–H and O–H groups in total. The summed E-state index contributed by atoms with van der Waals surface area (Å²) in [5.74, 6) is 0. The summed E-state index contributed by atoms with van der Waals surface area (Å²) in [5.41, 5.74) is 0. The molecule has 0 atom stereocenters. The van der Waals surface area contributed by atoms with Crippen molar-refractivity contribution >= 4 is 32.2 Å². The maximum Gasteiger partial charge on any atom is 0.398 e. The molecular formula is C10H30O3PSi3+. The fourth-order valence-corrected chi connectivity index (χ4v) is 42.5. The smallest absolute Gasteiger partial charge is 0.193 e. The van der Waals surface area contributed by atoms with Crippen LogP contribution in [-0.4, -0.2) is 42.9 Å². The van der Waals surface area contributed by atoms with Gasteiger partial charge in [-0.25, -0.2) is 0 Å². The molecule has 17 heavy (non-hydrogen) atoms. The molecule has 3 nitrogen and oxygen atoms in total. The highest BCUT2D eigenvalue weighted by molar-refractivity contribution is 7.72. The first kappa shape index (κ1) is 18.0. The monoisotopic (exact) mass is 313 g/mol. The lowest BCUT2D eigenvalue weighted by molar-refractivity contribution is 0.326. The molecule has 0 aliphatic heterocycles. The fourth-order valence-electron chi connectivity index (χ4n) is 4.72. The van der Waals surface area contributed by atoms with E-state index in [0.717, 1.165) is 0 Å². The van der Waals surface area contributed by atoms with E-state index in [9.17, 15) is 14.7 Å². The summed E-state index contributed by atoms with van der Waals surface area (Å²) in [5, 5.41) is 0. The van der Waals surface area contributed by atoms with Crippen molar-refractivity contribution in [2.24, 2.45) is 0 Å². The molecule has 0 saturated heterocycles. The Kier molecular flexibility index (Phi) is 4.76. The van der Waals surface area contributed by atoms with Crippen LogP contribution in [0.1, 0.15) is 0 Å². The molecule has 0 amide bonds. The average Bonchev–Trinajstić information content (AvgIpc) is 1.67. The molecule has 0 aromatic carbocycles. The molecule has 0 aliphatic carbocycles. The van der Waals surface area contributed by atoms with Crippen molar-refractivity contribution in [1.29, 1.82) is 0 Å². The Morgan fingerprint density at radius 2 is 0.765 bits per heavy atom. The van der Waals surface area contributed by atoms with Crippen molar-refractivity contribution in [3.8, 4) is 0 Å². The van der Waals surface area contributed by atoms with E-state index in [1.165, 1.54) is 0 Å². The minimum absolute atomic E-state index is 0.556. The van der Waals surface area contributed by atoms with Gasteiger partial charge in [0.05, 0.1) is 24.2 Å². The predicted molar refractivity (Wildman–Crippen MR) is 86.3 cm³/mol. The van der Waals surface area contributed by atoms with Gasteiger partial charge >= 0.3 is 7.94 Å². The van der Waals surface area contributed by atoms with Crippen LogP contribution in [-0.2, 0) is 0 Å².